The Balaban J connectivity index is 2.51. The third-order valence-electron chi connectivity index (χ3n) is 3.85. The van der Waals surface area contributed by atoms with Gasteiger partial charge in [0.05, 0.1) is 43.1 Å². The number of non-ortho nitro benzene ring substituents is 1. The summed E-state index contributed by atoms with van der Waals surface area (Å²) >= 11 is 0. The number of nitrogens with zero attached hydrogens (tertiary/aromatic N) is 1. The summed E-state index contributed by atoms with van der Waals surface area (Å²) in [6, 6.07) is 5.68. The number of carbonyl (C=O) groups is 3. The molecule has 2 rings (SSSR count). The second-order valence-electron chi connectivity index (χ2n) is 5.59. The van der Waals surface area contributed by atoms with Gasteiger partial charge in [-0.2, -0.15) is 0 Å². The molecule has 0 heterocycles. The fourth-order valence-corrected chi connectivity index (χ4v) is 2.46. The van der Waals surface area contributed by atoms with E-state index < -0.39 is 28.4 Å². The van der Waals surface area contributed by atoms with Crippen molar-refractivity contribution in [1.82, 2.24) is 0 Å². The molecule has 29 heavy (non-hydrogen) atoms. The Morgan fingerprint density at radius 1 is 0.966 bits per heavy atom. The Labute approximate surface area is 164 Å². The number of primary amides is 1. The van der Waals surface area contributed by atoms with Crippen molar-refractivity contribution in [3.8, 4) is 11.5 Å². The largest absolute Gasteiger partial charge is 0.493 e. The summed E-state index contributed by atoms with van der Waals surface area (Å²) in [4.78, 5) is 46.5. The van der Waals surface area contributed by atoms with Crippen LogP contribution in [0, 0.1) is 10.1 Å². The maximum absolute atomic E-state index is 12.7. The lowest BCUT2D eigenvalue weighted by atomic mass is 10.1. The van der Waals surface area contributed by atoms with Crippen molar-refractivity contribution in [3.05, 3.63) is 57.1 Å². The molecule has 0 radical (unpaired) electrons. The van der Waals surface area contributed by atoms with Crippen molar-refractivity contribution in [3.63, 3.8) is 0 Å². The van der Waals surface area contributed by atoms with E-state index >= 15 is 0 Å². The summed E-state index contributed by atoms with van der Waals surface area (Å²) in [6.07, 6.45) is 0. The van der Waals surface area contributed by atoms with Crippen LogP contribution in [0.1, 0.15) is 31.1 Å². The summed E-state index contributed by atoms with van der Waals surface area (Å²) in [5.74, 6) is -2.11. The smallest absolute Gasteiger partial charge is 0.338 e. The van der Waals surface area contributed by atoms with Crippen LogP contribution in [-0.2, 0) is 4.74 Å². The Morgan fingerprint density at radius 2 is 1.55 bits per heavy atom. The average Bonchev–Trinajstić information content (AvgIpc) is 2.71. The SMILES string of the molecule is COC(=O)c1cc(C(=O)Nc2cc(OC)c(OC)cc2C(N)=O)cc([N+](=O)[O-])c1. The Hall–Kier alpha value is -4.15. The van der Waals surface area contributed by atoms with Crippen LogP contribution in [0.25, 0.3) is 0 Å². The molecule has 3 N–H and O–H groups in total. The zero-order valence-electron chi connectivity index (χ0n) is 15.7. The normalized spacial score (nSPS) is 10.0. The maximum Gasteiger partial charge on any atom is 0.338 e. The summed E-state index contributed by atoms with van der Waals surface area (Å²) in [5, 5.41) is 13.6. The molecular formula is C18H17N3O8. The molecule has 0 aliphatic heterocycles. The first-order chi connectivity index (χ1) is 13.7. The minimum atomic E-state index is -0.855. The highest BCUT2D eigenvalue weighted by atomic mass is 16.6. The first-order valence-corrected chi connectivity index (χ1v) is 7.96. The summed E-state index contributed by atoms with van der Waals surface area (Å²) < 4.78 is 14.8. The molecule has 0 saturated carbocycles. The Morgan fingerprint density at radius 3 is 2.07 bits per heavy atom. The van der Waals surface area contributed by atoms with Gasteiger partial charge in [0.2, 0.25) is 0 Å². The molecule has 11 nitrogen and oxygen atoms in total. The summed E-state index contributed by atoms with van der Waals surface area (Å²) in [6.45, 7) is 0. The van der Waals surface area contributed by atoms with Crippen LogP contribution in [0.3, 0.4) is 0 Å². The van der Waals surface area contributed by atoms with Crippen molar-refractivity contribution in [2.75, 3.05) is 26.6 Å². The van der Waals surface area contributed by atoms with Gasteiger partial charge >= 0.3 is 5.97 Å². The van der Waals surface area contributed by atoms with Crippen LogP contribution < -0.4 is 20.5 Å². The lowest BCUT2D eigenvalue weighted by molar-refractivity contribution is -0.384. The number of amides is 2. The third kappa shape index (κ3) is 4.58. The van der Waals surface area contributed by atoms with Crippen LogP contribution >= 0.6 is 0 Å². The molecule has 11 heteroatoms. The number of anilines is 1. The van der Waals surface area contributed by atoms with Gasteiger partial charge in [0.15, 0.2) is 11.5 Å². The number of ether oxygens (including phenoxy) is 3. The number of nitrogens with two attached hydrogens (primary N) is 1. The molecule has 152 valence electrons. The van der Waals surface area contributed by atoms with Gasteiger partial charge in [0, 0.05) is 23.8 Å². The van der Waals surface area contributed by atoms with Crippen molar-refractivity contribution in [1.29, 1.82) is 0 Å². The van der Waals surface area contributed by atoms with Gasteiger partial charge in [-0.15, -0.1) is 0 Å². The van der Waals surface area contributed by atoms with Gasteiger partial charge in [0.25, 0.3) is 17.5 Å². The monoisotopic (exact) mass is 403 g/mol. The molecule has 0 spiro atoms. The predicted molar refractivity (Wildman–Crippen MR) is 100 cm³/mol. The molecule has 0 atom stereocenters. The zero-order valence-corrected chi connectivity index (χ0v) is 15.7. The highest BCUT2D eigenvalue weighted by Gasteiger charge is 2.21. The molecule has 0 aliphatic carbocycles. The van der Waals surface area contributed by atoms with E-state index in [1.54, 1.807) is 0 Å². The summed E-state index contributed by atoms with van der Waals surface area (Å²) in [7, 11) is 3.82. The quantitative estimate of drug-likeness (QED) is 0.401. The average molecular weight is 403 g/mol. The molecule has 0 bridgehead atoms. The lowest BCUT2D eigenvalue weighted by Crippen LogP contribution is -2.19. The van der Waals surface area contributed by atoms with Crippen molar-refractivity contribution in [2.45, 2.75) is 0 Å². The van der Waals surface area contributed by atoms with Crippen molar-refractivity contribution < 1.29 is 33.5 Å². The number of nitro groups is 1. The van der Waals surface area contributed by atoms with Gasteiger partial charge < -0.3 is 25.3 Å². The highest BCUT2D eigenvalue weighted by Crippen LogP contribution is 2.33. The minimum absolute atomic E-state index is 0.00808. The minimum Gasteiger partial charge on any atom is -0.493 e. The number of carbonyl (C=O) groups excluding carboxylic acids is 3. The van der Waals surface area contributed by atoms with Gasteiger partial charge in [-0.25, -0.2) is 4.79 Å². The molecular weight excluding hydrogens is 386 g/mol. The first kappa shape index (κ1) is 21.2. The van der Waals surface area contributed by atoms with Crippen LogP contribution in [-0.4, -0.2) is 44.0 Å². The topological polar surface area (TPSA) is 160 Å². The number of nitro benzene ring substituents is 1. The first-order valence-electron chi connectivity index (χ1n) is 7.96. The van der Waals surface area contributed by atoms with E-state index in [4.69, 9.17) is 15.2 Å². The number of benzene rings is 2. The molecule has 0 unspecified atom stereocenters. The second kappa shape index (κ2) is 8.69. The number of esters is 1. The van der Waals surface area contributed by atoms with Crippen LogP contribution in [0.15, 0.2) is 30.3 Å². The van der Waals surface area contributed by atoms with Crippen molar-refractivity contribution >= 4 is 29.2 Å². The van der Waals surface area contributed by atoms with Crippen molar-refractivity contribution in [2.24, 2.45) is 5.73 Å². The van der Waals surface area contributed by atoms with E-state index in [1.807, 2.05) is 0 Å². The van der Waals surface area contributed by atoms with E-state index in [-0.39, 0.29) is 33.9 Å². The zero-order chi connectivity index (χ0) is 21.7. The maximum atomic E-state index is 12.7. The Bertz CT molecular complexity index is 1000. The highest BCUT2D eigenvalue weighted by molar-refractivity contribution is 6.10. The molecule has 2 aromatic rings. The van der Waals surface area contributed by atoms with Crippen LogP contribution in [0.4, 0.5) is 11.4 Å². The van der Waals surface area contributed by atoms with E-state index in [0.717, 1.165) is 25.3 Å². The molecule has 0 saturated heterocycles. The number of methoxy groups -OCH3 is 3. The van der Waals surface area contributed by atoms with Crippen LogP contribution in [0.2, 0.25) is 0 Å². The number of hydrogen-bond acceptors (Lipinski definition) is 8. The van der Waals surface area contributed by atoms with E-state index in [1.165, 1.54) is 26.4 Å². The molecule has 0 fully saturated rings. The van der Waals surface area contributed by atoms with E-state index in [9.17, 15) is 24.5 Å². The fourth-order valence-electron chi connectivity index (χ4n) is 2.46. The van der Waals surface area contributed by atoms with Gasteiger partial charge in [-0.05, 0) is 12.1 Å². The third-order valence-corrected chi connectivity index (χ3v) is 3.85. The number of nitrogens with one attached hydrogen (secondary N) is 1. The van der Waals surface area contributed by atoms with Gasteiger partial charge in [-0.3, -0.25) is 19.7 Å². The van der Waals surface area contributed by atoms with Crippen LogP contribution in [0.5, 0.6) is 11.5 Å². The molecule has 0 aromatic heterocycles. The standard InChI is InChI=1S/C18H17N3O8/c1-27-14-7-12(16(19)22)13(8-15(14)28-2)20-17(23)9-4-10(18(24)29-3)6-11(5-9)21(25)26/h4-8H,1-3H3,(H2,19,22)(H,20,23). The molecule has 2 aromatic carbocycles. The number of hydrogen-bond donors (Lipinski definition) is 2. The second-order valence-corrected chi connectivity index (χ2v) is 5.59. The molecule has 2 amide bonds. The predicted octanol–water partition coefficient (Wildman–Crippen LogP) is 1.75. The Kier molecular flexibility index (Phi) is 6.34. The number of rotatable bonds is 7. The molecule has 0 aliphatic rings. The lowest BCUT2D eigenvalue weighted by Gasteiger charge is -2.14. The van der Waals surface area contributed by atoms with E-state index in [2.05, 4.69) is 10.1 Å². The van der Waals surface area contributed by atoms with Gasteiger partial charge in [0.1, 0.15) is 0 Å². The summed E-state index contributed by atoms with van der Waals surface area (Å²) in [5.41, 5.74) is 4.39. The fraction of sp³-hybridized carbons (Fsp3) is 0.167. The van der Waals surface area contributed by atoms with Gasteiger partial charge in [-0.1, -0.05) is 0 Å². The van der Waals surface area contributed by atoms with E-state index in [0.29, 0.717) is 0 Å².